The SMILES string of the molecule is CCCC1CCC(CN)(OCC2CCCC2)CC1. The standard InChI is InChI=1S/C16H31NO/c1-2-5-14-8-10-16(13-17,11-9-14)18-12-15-6-3-4-7-15/h14-15H,2-13,17H2,1H3. The molecule has 106 valence electrons. The van der Waals surface area contributed by atoms with Gasteiger partial charge in [0.1, 0.15) is 0 Å². The number of hydrogen-bond acceptors (Lipinski definition) is 2. The molecule has 0 bridgehead atoms. The second-order valence-corrected chi connectivity index (χ2v) is 6.58. The molecule has 0 aliphatic heterocycles. The summed E-state index contributed by atoms with van der Waals surface area (Å²) in [5.74, 6) is 1.76. The van der Waals surface area contributed by atoms with Crippen molar-refractivity contribution in [1.29, 1.82) is 0 Å². The first-order valence-electron chi connectivity index (χ1n) is 8.12. The first-order chi connectivity index (χ1) is 8.78. The van der Waals surface area contributed by atoms with Crippen LogP contribution in [0.1, 0.15) is 71.1 Å². The summed E-state index contributed by atoms with van der Waals surface area (Å²) in [5.41, 5.74) is 6.05. The highest BCUT2D eigenvalue weighted by Crippen LogP contribution is 2.37. The van der Waals surface area contributed by atoms with Crippen molar-refractivity contribution in [3.05, 3.63) is 0 Å². The summed E-state index contributed by atoms with van der Waals surface area (Å²) >= 11 is 0. The van der Waals surface area contributed by atoms with E-state index in [1.54, 1.807) is 0 Å². The van der Waals surface area contributed by atoms with Crippen molar-refractivity contribution in [2.45, 2.75) is 76.7 Å². The lowest BCUT2D eigenvalue weighted by Crippen LogP contribution is -2.44. The van der Waals surface area contributed by atoms with E-state index in [1.165, 1.54) is 64.2 Å². The van der Waals surface area contributed by atoms with Crippen LogP contribution in [0, 0.1) is 11.8 Å². The Balaban J connectivity index is 1.76. The monoisotopic (exact) mass is 253 g/mol. The zero-order valence-corrected chi connectivity index (χ0v) is 12.1. The van der Waals surface area contributed by atoms with E-state index in [4.69, 9.17) is 10.5 Å². The molecule has 0 amide bonds. The van der Waals surface area contributed by atoms with Crippen LogP contribution in [0.5, 0.6) is 0 Å². The third-order valence-corrected chi connectivity index (χ3v) is 5.19. The molecule has 2 saturated carbocycles. The number of hydrogen-bond donors (Lipinski definition) is 1. The van der Waals surface area contributed by atoms with E-state index >= 15 is 0 Å². The van der Waals surface area contributed by atoms with Gasteiger partial charge in [0.15, 0.2) is 0 Å². The number of rotatable bonds is 6. The van der Waals surface area contributed by atoms with Crippen LogP contribution in [0.3, 0.4) is 0 Å². The first kappa shape index (κ1) is 14.3. The van der Waals surface area contributed by atoms with Crippen LogP contribution in [0.25, 0.3) is 0 Å². The van der Waals surface area contributed by atoms with Crippen LogP contribution in [0.2, 0.25) is 0 Å². The van der Waals surface area contributed by atoms with Crippen LogP contribution in [0.4, 0.5) is 0 Å². The van der Waals surface area contributed by atoms with Crippen molar-refractivity contribution in [2.75, 3.05) is 13.2 Å². The molecule has 2 aliphatic carbocycles. The van der Waals surface area contributed by atoms with Gasteiger partial charge in [-0.2, -0.15) is 0 Å². The molecular weight excluding hydrogens is 222 g/mol. The Hall–Kier alpha value is -0.0800. The smallest absolute Gasteiger partial charge is 0.0804 e. The molecule has 0 radical (unpaired) electrons. The second kappa shape index (κ2) is 6.91. The van der Waals surface area contributed by atoms with Gasteiger partial charge in [-0.25, -0.2) is 0 Å². The summed E-state index contributed by atoms with van der Waals surface area (Å²) in [6.07, 6.45) is 13.3. The largest absolute Gasteiger partial charge is 0.373 e. The minimum Gasteiger partial charge on any atom is -0.373 e. The fraction of sp³-hybridized carbons (Fsp3) is 1.00. The van der Waals surface area contributed by atoms with Crippen LogP contribution in [-0.2, 0) is 4.74 Å². The van der Waals surface area contributed by atoms with Gasteiger partial charge in [0.2, 0.25) is 0 Å². The highest BCUT2D eigenvalue weighted by molar-refractivity contribution is 4.88. The van der Waals surface area contributed by atoms with E-state index in [2.05, 4.69) is 6.92 Å². The van der Waals surface area contributed by atoms with Gasteiger partial charge in [-0.3, -0.25) is 0 Å². The molecule has 0 saturated heterocycles. The zero-order valence-electron chi connectivity index (χ0n) is 12.1. The average Bonchev–Trinajstić information content (AvgIpc) is 2.92. The van der Waals surface area contributed by atoms with Crippen molar-refractivity contribution in [3.63, 3.8) is 0 Å². The Morgan fingerprint density at radius 3 is 2.28 bits per heavy atom. The molecule has 2 fully saturated rings. The van der Waals surface area contributed by atoms with Crippen molar-refractivity contribution < 1.29 is 4.74 Å². The third kappa shape index (κ3) is 3.71. The van der Waals surface area contributed by atoms with Crippen LogP contribution in [0.15, 0.2) is 0 Å². The third-order valence-electron chi connectivity index (χ3n) is 5.19. The number of nitrogens with two attached hydrogens (primary N) is 1. The van der Waals surface area contributed by atoms with Gasteiger partial charge in [0, 0.05) is 6.54 Å². The van der Waals surface area contributed by atoms with Gasteiger partial charge >= 0.3 is 0 Å². The van der Waals surface area contributed by atoms with Crippen molar-refractivity contribution in [1.82, 2.24) is 0 Å². The topological polar surface area (TPSA) is 35.2 Å². The maximum absolute atomic E-state index is 6.31. The summed E-state index contributed by atoms with van der Waals surface area (Å²) in [4.78, 5) is 0. The molecule has 18 heavy (non-hydrogen) atoms. The van der Waals surface area contributed by atoms with E-state index in [-0.39, 0.29) is 5.60 Å². The summed E-state index contributed by atoms with van der Waals surface area (Å²) in [6, 6.07) is 0. The molecule has 0 aromatic rings. The van der Waals surface area contributed by atoms with Gasteiger partial charge < -0.3 is 10.5 Å². The Labute approximate surface area is 113 Å². The summed E-state index contributed by atoms with van der Waals surface area (Å²) < 4.78 is 6.31. The molecule has 0 aromatic carbocycles. The lowest BCUT2D eigenvalue weighted by molar-refractivity contribution is -0.0838. The minimum atomic E-state index is 0.0346. The van der Waals surface area contributed by atoms with Gasteiger partial charge in [0.25, 0.3) is 0 Å². The van der Waals surface area contributed by atoms with E-state index in [1.807, 2.05) is 0 Å². The van der Waals surface area contributed by atoms with Crippen LogP contribution < -0.4 is 5.73 Å². The molecular formula is C16H31NO. The van der Waals surface area contributed by atoms with Crippen molar-refractivity contribution >= 4 is 0 Å². The summed E-state index contributed by atoms with van der Waals surface area (Å²) in [5, 5.41) is 0. The molecule has 2 aliphatic rings. The van der Waals surface area contributed by atoms with Crippen LogP contribution >= 0.6 is 0 Å². The Morgan fingerprint density at radius 2 is 1.72 bits per heavy atom. The van der Waals surface area contributed by atoms with Crippen molar-refractivity contribution in [3.8, 4) is 0 Å². The molecule has 0 unspecified atom stereocenters. The van der Waals surface area contributed by atoms with Gasteiger partial charge in [0.05, 0.1) is 12.2 Å². The molecule has 0 atom stereocenters. The molecule has 2 N–H and O–H groups in total. The summed E-state index contributed by atoms with van der Waals surface area (Å²) in [7, 11) is 0. The fourth-order valence-corrected chi connectivity index (χ4v) is 3.78. The van der Waals surface area contributed by atoms with Crippen molar-refractivity contribution in [2.24, 2.45) is 17.6 Å². The second-order valence-electron chi connectivity index (χ2n) is 6.58. The Morgan fingerprint density at radius 1 is 1.06 bits per heavy atom. The lowest BCUT2D eigenvalue weighted by Gasteiger charge is -2.40. The molecule has 0 aromatic heterocycles. The van der Waals surface area contributed by atoms with E-state index in [0.717, 1.165) is 25.0 Å². The van der Waals surface area contributed by atoms with Gasteiger partial charge in [-0.05, 0) is 50.4 Å². The fourth-order valence-electron chi connectivity index (χ4n) is 3.78. The Bertz CT molecular complexity index is 227. The van der Waals surface area contributed by atoms with Crippen LogP contribution in [-0.4, -0.2) is 18.8 Å². The maximum atomic E-state index is 6.31. The van der Waals surface area contributed by atoms with E-state index < -0.39 is 0 Å². The van der Waals surface area contributed by atoms with E-state index in [0.29, 0.717) is 0 Å². The van der Waals surface area contributed by atoms with E-state index in [9.17, 15) is 0 Å². The predicted molar refractivity (Wildman–Crippen MR) is 76.6 cm³/mol. The highest BCUT2D eigenvalue weighted by Gasteiger charge is 2.35. The summed E-state index contributed by atoms with van der Waals surface area (Å²) in [6.45, 7) is 3.98. The molecule has 2 rings (SSSR count). The Kier molecular flexibility index (Phi) is 5.50. The van der Waals surface area contributed by atoms with Gasteiger partial charge in [-0.1, -0.05) is 32.6 Å². The number of ether oxygens (including phenoxy) is 1. The highest BCUT2D eigenvalue weighted by atomic mass is 16.5. The molecule has 0 spiro atoms. The maximum Gasteiger partial charge on any atom is 0.0804 e. The first-order valence-corrected chi connectivity index (χ1v) is 8.12. The predicted octanol–water partition coefficient (Wildman–Crippen LogP) is 3.88. The normalized spacial score (nSPS) is 34.0. The minimum absolute atomic E-state index is 0.0346. The van der Waals surface area contributed by atoms with Gasteiger partial charge in [-0.15, -0.1) is 0 Å². The molecule has 2 nitrogen and oxygen atoms in total. The molecule has 2 heteroatoms. The average molecular weight is 253 g/mol. The quantitative estimate of drug-likeness (QED) is 0.779. The molecule has 0 heterocycles. The lowest BCUT2D eigenvalue weighted by atomic mass is 9.77. The zero-order chi connectivity index (χ0) is 12.8.